The number of primary amides is 1. The molecule has 1 aliphatic rings. The summed E-state index contributed by atoms with van der Waals surface area (Å²) in [5, 5.41) is 7.38. The minimum absolute atomic E-state index is 0.113. The standard InChI is InChI=1S/C22H22FN5O4/c1-31-16-9-15(10-17(11-16)32-2)25-21(29)19-18-12-27(22(24)30)6-7-28(18)26-20(19)13-4-3-5-14(23)8-13/h3-5,8-11H,6-7,12H2,1-2H3,(H2,24,30)(H,25,29). The number of anilines is 1. The van der Waals surface area contributed by atoms with Gasteiger partial charge < -0.3 is 25.4 Å². The summed E-state index contributed by atoms with van der Waals surface area (Å²) in [7, 11) is 3.02. The van der Waals surface area contributed by atoms with E-state index in [9.17, 15) is 14.0 Å². The van der Waals surface area contributed by atoms with Gasteiger partial charge in [-0.3, -0.25) is 9.48 Å². The molecule has 32 heavy (non-hydrogen) atoms. The molecule has 10 heteroatoms. The van der Waals surface area contributed by atoms with Crippen LogP contribution in [0.25, 0.3) is 11.3 Å². The number of carbonyl (C=O) groups excluding carboxylic acids is 2. The Bertz CT molecular complexity index is 1170. The average Bonchev–Trinajstić information content (AvgIpc) is 3.17. The summed E-state index contributed by atoms with van der Waals surface area (Å²) in [6.07, 6.45) is 0. The van der Waals surface area contributed by atoms with Crippen LogP contribution in [0.15, 0.2) is 42.5 Å². The molecule has 0 aliphatic carbocycles. The fraction of sp³-hybridized carbons (Fsp3) is 0.227. The molecule has 0 radical (unpaired) electrons. The molecule has 3 aromatic rings. The van der Waals surface area contributed by atoms with E-state index in [1.54, 1.807) is 35.0 Å². The summed E-state index contributed by atoms with van der Waals surface area (Å²) in [6, 6.07) is 10.2. The van der Waals surface area contributed by atoms with Crippen LogP contribution in [0.3, 0.4) is 0 Å². The summed E-state index contributed by atoms with van der Waals surface area (Å²) in [6.45, 7) is 0.837. The number of benzene rings is 2. The van der Waals surface area contributed by atoms with E-state index in [4.69, 9.17) is 15.2 Å². The van der Waals surface area contributed by atoms with Gasteiger partial charge in [0.1, 0.15) is 23.0 Å². The van der Waals surface area contributed by atoms with Crippen molar-refractivity contribution in [1.82, 2.24) is 14.7 Å². The van der Waals surface area contributed by atoms with Crippen LogP contribution < -0.4 is 20.5 Å². The van der Waals surface area contributed by atoms with E-state index < -0.39 is 17.8 Å². The van der Waals surface area contributed by atoms with Gasteiger partial charge in [0, 0.05) is 36.0 Å². The van der Waals surface area contributed by atoms with Crippen LogP contribution in [0, 0.1) is 5.82 Å². The molecule has 0 spiro atoms. The fourth-order valence-electron chi connectivity index (χ4n) is 3.66. The van der Waals surface area contributed by atoms with Crippen LogP contribution in [0.2, 0.25) is 0 Å². The van der Waals surface area contributed by atoms with Crippen LogP contribution in [-0.4, -0.2) is 47.4 Å². The zero-order valence-corrected chi connectivity index (χ0v) is 17.6. The Hall–Kier alpha value is -4.08. The number of urea groups is 1. The number of nitrogens with zero attached hydrogens (tertiary/aromatic N) is 3. The van der Waals surface area contributed by atoms with Crippen molar-refractivity contribution >= 4 is 17.6 Å². The van der Waals surface area contributed by atoms with Crippen LogP contribution in [0.5, 0.6) is 11.5 Å². The predicted molar refractivity (Wildman–Crippen MR) is 115 cm³/mol. The van der Waals surface area contributed by atoms with Gasteiger partial charge in [0.05, 0.1) is 38.6 Å². The summed E-state index contributed by atoms with van der Waals surface area (Å²) in [5.41, 5.74) is 7.42. The van der Waals surface area contributed by atoms with E-state index in [-0.39, 0.29) is 12.1 Å². The predicted octanol–water partition coefficient (Wildman–Crippen LogP) is 2.85. The van der Waals surface area contributed by atoms with Gasteiger partial charge in [0.25, 0.3) is 5.91 Å². The summed E-state index contributed by atoms with van der Waals surface area (Å²) in [4.78, 5) is 26.6. The normalized spacial score (nSPS) is 12.8. The van der Waals surface area contributed by atoms with Crippen molar-refractivity contribution in [3.63, 3.8) is 0 Å². The quantitative estimate of drug-likeness (QED) is 0.635. The number of hydrogen-bond donors (Lipinski definition) is 2. The third kappa shape index (κ3) is 4.07. The van der Waals surface area contributed by atoms with Gasteiger partial charge in [-0.15, -0.1) is 0 Å². The highest BCUT2D eigenvalue weighted by Crippen LogP contribution is 2.31. The molecule has 0 fully saturated rings. The monoisotopic (exact) mass is 439 g/mol. The summed E-state index contributed by atoms with van der Waals surface area (Å²) < 4.78 is 26.1. The smallest absolute Gasteiger partial charge is 0.315 e. The first kappa shape index (κ1) is 21.2. The third-order valence-electron chi connectivity index (χ3n) is 5.23. The van der Waals surface area contributed by atoms with Crippen LogP contribution in [0.4, 0.5) is 14.9 Å². The number of aromatic nitrogens is 2. The Kier molecular flexibility index (Phi) is 5.67. The van der Waals surface area contributed by atoms with Crippen LogP contribution in [0.1, 0.15) is 16.1 Å². The molecule has 0 atom stereocenters. The minimum atomic E-state index is -0.589. The van der Waals surface area contributed by atoms with Gasteiger partial charge >= 0.3 is 6.03 Å². The average molecular weight is 439 g/mol. The molecule has 166 valence electrons. The van der Waals surface area contributed by atoms with Crippen molar-refractivity contribution in [3.8, 4) is 22.8 Å². The van der Waals surface area contributed by atoms with E-state index in [0.717, 1.165) is 0 Å². The number of ether oxygens (including phenoxy) is 2. The van der Waals surface area contributed by atoms with Crippen molar-refractivity contribution in [1.29, 1.82) is 0 Å². The number of methoxy groups -OCH3 is 2. The Balaban J connectivity index is 1.79. The number of fused-ring (bicyclic) bond motifs is 1. The molecule has 9 nitrogen and oxygen atoms in total. The number of carbonyl (C=O) groups is 2. The fourth-order valence-corrected chi connectivity index (χ4v) is 3.66. The lowest BCUT2D eigenvalue weighted by atomic mass is 10.0. The molecular formula is C22H22FN5O4. The molecule has 2 aromatic carbocycles. The molecule has 0 saturated heterocycles. The highest BCUT2D eigenvalue weighted by atomic mass is 19.1. The first-order chi connectivity index (χ1) is 15.4. The minimum Gasteiger partial charge on any atom is -0.497 e. The van der Waals surface area contributed by atoms with Crippen molar-refractivity contribution < 1.29 is 23.5 Å². The molecular weight excluding hydrogens is 417 g/mol. The van der Waals surface area contributed by atoms with Gasteiger partial charge in [-0.2, -0.15) is 5.10 Å². The van der Waals surface area contributed by atoms with E-state index in [0.29, 0.717) is 47.2 Å². The van der Waals surface area contributed by atoms with Gasteiger partial charge in [0.15, 0.2) is 0 Å². The van der Waals surface area contributed by atoms with Gasteiger partial charge in [-0.1, -0.05) is 12.1 Å². The van der Waals surface area contributed by atoms with Crippen LogP contribution >= 0.6 is 0 Å². The second kappa shape index (κ2) is 8.58. The summed E-state index contributed by atoms with van der Waals surface area (Å²) in [5.74, 6) is 0.0900. The van der Waals surface area contributed by atoms with E-state index in [1.165, 1.54) is 31.3 Å². The Morgan fingerprint density at radius 2 is 1.81 bits per heavy atom. The summed E-state index contributed by atoms with van der Waals surface area (Å²) >= 11 is 0. The number of halogens is 1. The van der Waals surface area contributed by atoms with Gasteiger partial charge in [-0.25, -0.2) is 9.18 Å². The zero-order valence-electron chi connectivity index (χ0n) is 17.6. The second-order valence-electron chi connectivity index (χ2n) is 7.22. The number of nitrogens with two attached hydrogens (primary N) is 1. The van der Waals surface area contributed by atoms with Crippen molar-refractivity contribution in [2.45, 2.75) is 13.1 Å². The molecule has 0 unspecified atom stereocenters. The van der Waals surface area contributed by atoms with E-state index >= 15 is 0 Å². The van der Waals surface area contributed by atoms with Crippen molar-refractivity contribution in [3.05, 3.63) is 59.5 Å². The lowest BCUT2D eigenvalue weighted by Gasteiger charge is -2.26. The van der Waals surface area contributed by atoms with Crippen molar-refractivity contribution in [2.75, 3.05) is 26.1 Å². The molecule has 0 bridgehead atoms. The number of hydrogen-bond acceptors (Lipinski definition) is 5. The van der Waals surface area contributed by atoms with Crippen molar-refractivity contribution in [2.24, 2.45) is 5.73 Å². The molecule has 2 heterocycles. The lowest BCUT2D eigenvalue weighted by Crippen LogP contribution is -2.42. The number of rotatable bonds is 5. The molecule has 1 aromatic heterocycles. The van der Waals surface area contributed by atoms with Gasteiger partial charge in [0.2, 0.25) is 0 Å². The SMILES string of the molecule is COc1cc(NC(=O)c2c(-c3cccc(F)c3)nn3c2CN(C(N)=O)CC3)cc(OC)c1. The number of nitrogens with one attached hydrogen (secondary N) is 1. The molecule has 3 amide bonds. The van der Waals surface area contributed by atoms with Crippen LogP contribution in [-0.2, 0) is 13.1 Å². The Labute approximate surface area is 183 Å². The molecule has 4 rings (SSSR count). The first-order valence-corrected chi connectivity index (χ1v) is 9.84. The molecule has 3 N–H and O–H groups in total. The maximum atomic E-state index is 13.9. The third-order valence-corrected chi connectivity index (χ3v) is 5.23. The highest BCUT2D eigenvalue weighted by molar-refractivity contribution is 6.09. The first-order valence-electron chi connectivity index (χ1n) is 9.84. The zero-order chi connectivity index (χ0) is 22.8. The highest BCUT2D eigenvalue weighted by Gasteiger charge is 2.30. The van der Waals surface area contributed by atoms with Gasteiger partial charge in [-0.05, 0) is 12.1 Å². The Morgan fingerprint density at radius 1 is 1.09 bits per heavy atom. The maximum Gasteiger partial charge on any atom is 0.315 e. The lowest BCUT2D eigenvalue weighted by molar-refractivity contribution is 0.102. The molecule has 1 aliphatic heterocycles. The van der Waals surface area contributed by atoms with E-state index in [2.05, 4.69) is 10.4 Å². The second-order valence-corrected chi connectivity index (χ2v) is 7.22. The van der Waals surface area contributed by atoms with E-state index in [1.807, 2.05) is 0 Å². The number of amides is 3. The Morgan fingerprint density at radius 3 is 2.44 bits per heavy atom. The topological polar surface area (TPSA) is 112 Å². The maximum absolute atomic E-state index is 13.9. The molecule has 0 saturated carbocycles. The largest absolute Gasteiger partial charge is 0.497 e.